The Morgan fingerprint density at radius 1 is 1.31 bits per heavy atom. The lowest BCUT2D eigenvalue weighted by molar-refractivity contribution is -0.0920. The second kappa shape index (κ2) is 2.41. The fraction of sp³-hybridized carbons (Fsp3) is 1.00. The summed E-state index contributed by atoms with van der Waals surface area (Å²) in [4.78, 5) is 0. The van der Waals surface area contributed by atoms with E-state index < -0.39 is 11.7 Å². The van der Waals surface area contributed by atoms with Crippen LogP contribution in [0.2, 0.25) is 0 Å². The van der Waals surface area contributed by atoms with E-state index in [1.807, 2.05) is 0 Å². The highest BCUT2D eigenvalue weighted by atomic mass is 35.5. The molecule has 2 aliphatic carbocycles. The van der Waals surface area contributed by atoms with Crippen molar-refractivity contribution < 1.29 is 10.2 Å². The van der Waals surface area contributed by atoms with Gasteiger partial charge in [0.1, 0.15) is 5.60 Å². The van der Waals surface area contributed by atoms with E-state index >= 15 is 0 Å². The summed E-state index contributed by atoms with van der Waals surface area (Å²) in [6, 6.07) is 0. The van der Waals surface area contributed by atoms with Gasteiger partial charge in [-0.1, -0.05) is 13.8 Å². The van der Waals surface area contributed by atoms with Crippen LogP contribution in [0.5, 0.6) is 0 Å². The molecule has 3 heteroatoms. The van der Waals surface area contributed by atoms with Gasteiger partial charge in [0, 0.05) is 0 Å². The van der Waals surface area contributed by atoms with Gasteiger partial charge in [0.05, 0.1) is 11.5 Å². The zero-order valence-electron chi connectivity index (χ0n) is 8.29. The van der Waals surface area contributed by atoms with Crippen molar-refractivity contribution in [2.45, 2.75) is 44.3 Å². The molecule has 0 amide bonds. The second-order valence-corrected chi connectivity index (χ2v) is 5.85. The van der Waals surface area contributed by atoms with Crippen LogP contribution in [-0.4, -0.2) is 27.3 Å². The van der Waals surface area contributed by atoms with E-state index in [4.69, 9.17) is 11.6 Å². The molecule has 5 atom stereocenters. The smallest absolute Gasteiger partial charge is 0.104 e. The predicted molar refractivity (Wildman–Crippen MR) is 51.6 cm³/mol. The van der Waals surface area contributed by atoms with Gasteiger partial charge in [-0.2, -0.15) is 0 Å². The average molecular weight is 205 g/mol. The van der Waals surface area contributed by atoms with Gasteiger partial charge in [-0.05, 0) is 30.6 Å². The molecule has 0 radical (unpaired) electrons. The summed E-state index contributed by atoms with van der Waals surface area (Å²) >= 11 is 6.04. The molecule has 0 spiro atoms. The van der Waals surface area contributed by atoms with Crippen LogP contribution < -0.4 is 0 Å². The number of aliphatic hydroxyl groups is 2. The van der Waals surface area contributed by atoms with Crippen molar-refractivity contribution in [2.24, 2.45) is 17.3 Å². The Balaban J connectivity index is 2.24. The monoisotopic (exact) mass is 204 g/mol. The van der Waals surface area contributed by atoms with Crippen molar-refractivity contribution in [3.05, 3.63) is 0 Å². The Morgan fingerprint density at radius 3 is 2.38 bits per heavy atom. The Bertz CT molecular complexity index is 237. The van der Waals surface area contributed by atoms with E-state index in [-0.39, 0.29) is 16.7 Å². The predicted octanol–water partition coefficient (Wildman–Crippen LogP) is 1.38. The molecule has 0 aliphatic heterocycles. The summed E-state index contributed by atoms with van der Waals surface area (Å²) in [6.07, 6.45) is 0.160. The molecule has 0 bridgehead atoms. The van der Waals surface area contributed by atoms with E-state index in [1.165, 1.54) is 0 Å². The number of halogens is 1. The molecular weight excluding hydrogens is 188 g/mol. The van der Waals surface area contributed by atoms with Gasteiger partial charge in [-0.3, -0.25) is 0 Å². The molecule has 2 saturated carbocycles. The molecule has 76 valence electrons. The largest absolute Gasteiger partial charge is 0.390 e. The van der Waals surface area contributed by atoms with Gasteiger partial charge in [-0.25, -0.2) is 0 Å². The van der Waals surface area contributed by atoms with Crippen molar-refractivity contribution in [2.75, 3.05) is 0 Å². The van der Waals surface area contributed by atoms with E-state index in [9.17, 15) is 10.2 Å². The van der Waals surface area contributed by atoms with Gasteiger partial charge < -0.3 is 10.2 Å². The summed E-state index contributed by atoms with van der Waals surface area (Å²) in [7, 11) is 0. The molecule has 2 fully saturated rings. The minimum absolute atomic E-state index is 0.160. The van der Waals surface area contributed by atoms with Crippen LogP contribution in [-0.2, 0) is 0 Å². The summed E-state index contributed by atoms with van der Waals surface area (Å²) in [5.41, 5.74) is -0.955. The van der Waals surface area contributed by atoms with Crippen molar-refractivity contribution >= 4 is 11.6 Å². The lowest BCUT2D eigenvalue weighted by atomic mass is 9.83. The maximum Gasteiger partial charge on any atom is 0.104 e. The second-order valence-electron chi connectivity index (χ2n) is 5.33. The zero-order valence-corrected chi connectivity index (χ0v) is 9.04. The average Bonchev–Trinajstić information content (AvgIpc) is 2.50. The van der Waals surface area contributed by atoms with Crippen molar-refractivity contribution in [1.82, 2.24) is 0 Å². The van der Waals surface area contributed by atoms with Gasteiger partial charge in [-0.15, -0.1) is 11.6 Å². The molecule has 0 saturated heterocycles. The SMILES string of the molecule is CC1(C)C2CC(Cl)C(C)(O)C(O)C21. The fourth-order valence-corrected chi connectivity index (χ4v) is 3.20. The zero-order chi connectivity index (χ0) is 10.0. The van der Waals surface area contributed by atoms with E-state index in [0.717, 1.165) is 6.42 Å². The maximum absolute atomic E-state index is 9.96. The van der Waals surface area contributed by atoms with Crippen molar-refractivity contribution in [3.8, 4) is 0 Å². The number of aliphatic hydroxyl groups excluding tert-OH is 1. The van der Waals surface area contributed by atoms with Gasteiger partial charge in [0.15, 0.2) is 0 Å². The van der Waals surface area contributed by atoms with Crippen LogP contribution in [0.1, 0.15) is 27.2 Å². The topological polar surface area (TPSA) is 40.5 Å². The molecule has 0 heterocycles. The third-order valence-electron chi connectivity index (χ3n) is 4.17. The number of hydrogen-bond donors (Lipinski definition) is 2. The first kappa shape index (κ1) is 9.75. The molecule has 0 aromatic carbocycles. The lowest BCUT2D eigenvalue weighted by Gasteiger charge is -2.37. The number of alkyl halides is 1. The number of hydrogen-bond acceptors (Lipinski definition) is 2. The van der Waals surface area contributed by atoms with E-state index in [0.29, 0.717) is 5.92 Å². The highest BCUT2D eigenvalue weighted by Gasteiger charge is 2.68. The molecule has 2 nitrogen and oxygen atoms in total. The molecule has 0 aromatic rings. The van der Waals surface area contributed by atoms with Crippen molar-refractivity contribution in [1.29, 1.82) is 0 Å². The summed E-state index contributed by atoms with van der Waals surface area (Å²) < 4.78 is 0. The minimum Gasteiger partial charge on any atom is -0.390 e. The summed E-state index contributed by atoms with van der Waals surface area (Å²) in [5.74, 6) is 0.725. The van der Waals surface area contributed by atoms with Gasteiger partial charge >= 0.3 is 0 Å². The van der Waals surface area contributed by atoms with E-state index in [2.05, 4.69) is 13.8 Å². The number of rotatable bonds is 0. The van der Waals surface area contributed by atoms with Crippen molar-refractivity contribution in [3.63, 3.8) is 0 Å². The highest BCUT2D eigenvalue weighted by Crippen LogP contribution is 2.66. The molecule has 13 heavy (non-hydrogen) atoms. The third kappa shape index (κ3) is 1.09. The molecule has 2 aliphatic rings. The van der Waals surface area contributed by atoms with Crippen LogP contribution in [0.4, 0.5) is 0 Å². The molecule has 2 rings (SSSR count). The van der Waals surface area contributed by atoms with Gasteiger partial charge in [0.2, 0.25) is 0 Å². The molecular formula is C10H17ClO2. The van der Waals surface area contributed by atoms with Crippen LogP contribution in [0, 0.1) is 17.3 Å². The van der Waals surface area contributed by atoms with Crippen LogP contribution in [0.15, 0.2) is 0 Å². The standard InChI is InChI=1S/C10H17ClO2/c1-9(2)5-4-6(11)10(3,13)8(12)7(5)9/h5-8,12-13H,4H2,1-3H3. The van der Waals surface area contributed by atoms with Gasteiger partial charge in [0.25, 0.3) is 0 Å². The Hall–Kier alpha value is 0.210. The van der Waals surface area contributed by atoms with E-state index in [1.54, 1.807) is 6.92 Å². The summed E-state index contributed by atoms with van der Waals surface area (Å²) in [5, 5.41) is 19.6. The Morgan fingerprint density at radius 2 is 1.85 bits per heavy atom. The van der Waals surface area contributed by atoms with Crippen LogP contribution in [0.25, 0.3) is 0 Å². The first-order valence-electron chi connectivity index (χ1n) is 4.84. The maximum atomic E-state index is 9.96. The quantitative estimate of drug-likeness (QED) is 0.586. The molecule has 2 N–H and O–H groups in total. The molecule has 5 unspecified atom stereocenters. The normalized spacial score (nSPS) is 58.6. The Kier molecular flexibility index (Phi) is 1.81. The number of fused-ring (bicyclic) bond motifs is 1. The van der Waals surface area contributed by atoms with Crippen LogP contribution in [0.3, 0.4) is 0 Å². The highest BCUT2D eigenvalue weighted by molar-refractivity contribution is 6.21. The Labute approximate surface area is 83.9 Å². The molecule has 0 aromatic heterocycles. The first-order valence-corrected chi connectivity index (χ1v) is 5.27. The lowest BCUT2D eigenvalue weighted by Crippen LogP contribution is -2.51. The van der Waals surface area contributed by atoms with Crippen LogP contribution >= 0.6 is 11.6 Å². The minimum atomic E-state index is -1.11. The first-order chi connectivity index (χ1) is 5.79. The fourth-order valence-electron chi connectivity index (χ4n) is 2.87. The summed E-state index contributed by atoms with van der Waals surface area (Å²) in [6.45, 7) is 5.91. The third-order valence-corrected chi connectivity index (χ3v) is 4.79.